The van der Waals surface area contributed by atoms with Crippen molar-refractivity contribution in [2.75, 3.05) is 18.0 Å². The first kappa shape index (κ1) is 15.5. The zero-order valence-electron chi connectivity index (χ0n) is 13.8. The number of nitrogens with zero attached hydrogens (tertiary/aromatic N) is 7. The highest BCUT2D eigenvalue weighted by Gasteiger charge is 2.21. The van der Waals surface area contributed by atoms with E-state index in [-0.39, 0.29) is 5.56 Å². The SMILES string of the molecule is O=c1ccc(-n2cccn2)nn1CC1CCN(c2ncccn2)CC1. The Hall–Kier alpha value is -3.03. The normalized spacial score (nSPS) is 15.4. The first-order chi connectivity index (χ1) is 12.3. The predicted octanol–water partition coefficient (Wildman–Crippen LogP) is 1.14. The minimum Gasteiger partial charge on any atom is -0.341 e. The maximum Gasteiger partial charge on any atom is 0.266 e. The Morgan fingerprint density at radius 3 is 2.56 bits per heavy atom. The van der Waals surface area contributed by atoms with E-state index in [1.165, 1.54) is 0 Å². The second kappa shape index (κ2) is 6.84. The highest BCUT2D eigenvalue weighted by Crippen LogP contribution is 2.21. The van der Waals surface area contributed by atoms with E-state index in [1.807, 2.05) is 18.3 Å². The average molecular weight is 337 g/mol. The molecule has 4 heterocycles. The number of piperidine rings is 1. The molecule has 3 aromatic heterocycles. The van der Waals surface area contributed by atoms with Gasteiger partial charge in [-0.15, -0.1) is 5.10 Å². The molecule has 0 spiro atoms. The van der Waals surface area contributed by atoms with Gasteiger partial charge < -0.3 is 4.90 Å². The van der Waals surface area contributed by atoms with E-state index in [0.29, 0.717) is 18.3 Å². The van der Waals surface area contributed by atoms with Crippen molar-refractivity contribution in [3.05, 3.63) is 59.4 Å². The van der Waals surface area contributed by atoms with Gasteiger partial charge in [0.15, 0.2) is 5.82 Å². The highest BCUT2D eigenvalue weighted by atomic mass is 16.1. The monoisotopic (exact) mass is 337 g/mol. The third-order valence-corrected chi connectivity index (χ3v) is 4.47. The number of hydrogen-bond acceptors (Lipinski definition) is 6. The van der Waals surface area contributed by atoms with Crippen LogP contribution in [-0.2, 0) is 6.54 Å². The lowest BCUT2D eigenvalue weighted by molar-refractivity contribution is 0.333. The van der Waals surface area contributed by atoms with Crippen molar-refractivity contribution in [1.29, 1.82) is 0 Å². The molecule has 8 heteroatoms. The molecule has 0 N–H and O–H groups in total. The molecule has 128 valence electrons. The molecule has 0 bridgehead atoms. The van der Waals surface area contributed by atoms with Crippen molar-refractivity contribution in [2.24, 2.45) is 5.92 Å². The summed E-state index contributed by atoms with van der Waals surface area (Å²) in [6.45, 7) is 2.40. The van der Waals surface area contributed by atoms with Crippen LogP contribution in [0.5, 0.6) is 0 Å². The standard InChI is InChI=1S/C17H19N7O/c25-16-4-3-15(23-10-2-9-20-23)21-24(16)13-14-5-11-22(12-6-14)17-18-7-1-8-19-17/h1-4,7-10,14H,5-6,11-13H2. The predicted molar refractivity (Wildman–Crippen MR) is 92.6 cm³/mol. The topological polar surface area (TPSA) is 81.7 Å². The van der Waals surface area contributed by atoms with Gasteiger partial charge in [-0.3, -0.25) is 4.79 Å². The molecule has 8 nitrogen and oxygen atoms in total. The van der Waals surface area contributed by atoms with Crippen molar-refractivity contribution in [1.82, 2.24) is 29.5 Å². The van der Waals surface area contributed by atoms with E-state index in [1.54, 1.807) is 40.1 Å². The van der Waals surface area contributed by atoms with Gasteiger partial charge in [-0.1, -0.05) is 0 Å². The molecule has 0 radical (unpaired) electrons. The molecule has 1 aliphatic heterocycles. The summed E-state index contributed by atoms with van der Waals surface area (Å²) in [7, 11) is 0. The summed E-state index contributed by atoms with van der Waals surface area (Å²) >= 11 is 0. The molecule has 3 aromatic rings. The van der Waals surface area contributed by atoms with Crippen LogP contribution < -0.4 is 10.5 Å². The summed E-state index contributed by atoms with van der Waals surface area (Å²) < 4.78 is 3.21. The molecule has 0 aliphatic carbocycles. The lowest BCUT2D eigenvalue weighted by Gasteiger charge is -2.31. The lowest BCUT2D eigenvalue weighted by atomic mass is 9.97. The second-order valence-electron chi connectivity index (χ2n) is 6.14. The molecule has 0 amide bonds. The summed E-state index contributed by atoms with van der Waals surface area (Å²) in [5.41, 5.74) is -0.0790. The maximum atomic E-state index is 12.1. The van der Waals surface area contributed by atoms with Crippen LogP contribution in [0.2, 0.25) is 0 Å². The van der Waals surface area contributed by atoms with Crippen LogP contribution in [0.25, 0.3) is 5.82 Å². The fourth-order valence-corrected chi connectivity index (χ4v) is 3.11. The van der Waals surface area contributed by atoms with Crippen molar-refractivity contribution in [2.45, 2.75) is 19.4 Å². The second-order valence-corrected chi connectivity index (χ2v) is 6.14. The third kappa shape index (κ3) is 3.42. The van der Waals surface area contributed by atoms with Crippen LogP contribution in [0.1, 0.15) is 12.8 Å². The Balaban J connectivity index is 1.43. The Morgan fingerprint density at radius 2 is 1.84 bits per heavy atom. The van der Waals surface area contributed by atoms with Crippen LogP contribution in [-0.4, -0.2) is 42.6 Å². The molecule has 1 saturated heterocycles. The molecule has 1 aliphatic rings. The van der Waals surface area contributed by atoms with Crippen LogP contribution in [0.15, 0.2) is 53.8 Å². The van der Waals surface area contributed by atoms with Crippen molar-refractivity contribution < 1.29 is 0 Å². The van der Waals surface area contributed by atoms with Gasteiger partial charge in [-0.05, 0) is 37.0 Å². The average Bonchev–Trinajstić information content (AvgIpc) is 3.20. The minimum atomic E-state index is -0.0790. The number of hydrogen-bond donors (Lipinski definition) is 0. The highest BCUT2D eigenvalue weighted by molar-refractivity contribution is 5.28. The number of aromatic nitrogens is 6. The summed E-state index contributed by atoms with van der Waals surface area (Å²) in [5.74, 6) is 1.84. The fraction of sp³-hybridized carbons (Fsp3) is 0.353. The van der Waals surface area contributed by atoms with Crippen LogP contribution >= 0.6 is 0 Å². The fourth-order valence-electron chi connectivity index (χ4n) is 3.11. The first-order valence-electron chi connectivity index (χ1n) is 8.40. The van der Waals surface area contributed by atoms with Crippen LogP contribution in [0.4, 0.5) is 5.95 Å². The van der Waals surface area contributed by atoms with E-state index in [4.69, 9.17) is 0 Å². The molecule has 0 aromatic carbocycles. The maximum absolute atomic E-state index is 12.1. The van der Waals surface area contributed by atoms with Crippen LogP contribution in [0, 0.1) is 5.92 Å². The quantitative estimate of drug-likeness (QED) is 0.710. The van der Waals surface area contributed by atoms with Gasteiger partial charge in [0.25, 0.3) is 5.56 Å². The molecular weight excluding hydrogens is 318 g/mol. The molecule has 25 heavy (non-hydrogen) atoms. The number of anilines is 1. The third-order valence-electron chi connectivity index (χ3n) is 4.47. The minimum absolute atomic E-state index is 0.0790. The van der Waals surface area contributed by atoms with Gasteiger partial charge in [-0.2, -0.15) is 5.10 Å². The summed E-state index contributed by atoms with van der Waals surface area (Å²) in [5, 5.41) is 8.62. The van der Waals surface area contributed by atoms with Crippen molar-refractivity contribution >= 4 is 5.95 Å². The molecule has 0 saturated carbocycles. The Bertz CT molecular complexity index is 868. The zero-order chi connectivity index (χ0) is 17.1. The van der Waals surface area contributed by atoms with Crippen molar-refractivity contribution in [3.63, 3.8) is 0 Å². The summed E-state index contributed by atoms with van der Waals surface area (Å²) in [6.07, 6.45) is 9.00. The molecule has 4 rings (SSSR count). The van der Waals surface area contributed by atoms with Crippen molar-refractivity contribution in [3.8, 4) is 5.82 Å². The Morgan fingerprint density at radius 1 is 1.04 bits per heavy atom. The Labute approximate surface area is 144 Å². The molecule has 0 atom stereocenters. The van der Waals surface area contributed by atoms with Gasteiger partial charge in [0.2, 0.25) is 5.95 Å². The van der Waals surface area contributed by atoms with Gasteiger partial charge in [-0.25, -0.2) is 19.3 Å². The zero-order valence-corrected chi connectivity index (χ0v) is 13.8. The van der Waals surface area contributed by atoms with E-state index in [9.17, 15) is 4.79 Å². The molecule has 0 unspecified atom stereocenters. The van der Waals surface area contributed by atoms with E-state index >= 15 is 0 Å². The first-order valence-corrected chi connectivity index (χ1v) is 8.40. The van der Waals surface area contributed by atoms with Crippen LogP contribution in [0.3, 0.4) is 0 Å². The van der Waals surface area contributed by atoms with Gasteiger partial charge in [0, 0.05) is 50.5 Å². The van der Waals surface area contributed by atoms with Gasteiger partial charge in [0.05, 0.1) is 0 Å². The van der Waals surface area contributed by atoms with E-state index in [2.05, 4.69) is 25.1 Å². The Kier molecular flexibility index (Phi) is 4.24. The van der Waals surface area contributed by atoms with Gasteiger partial charge in [0.1, 0.15) is 0 Å². The van der Waals surface area contributed by atoms with E-state index < -0.39 is 0 Å². The lowest BCUT2D eigenvalue weighted by Crippen LogP contribution is -2.37. The smallest absolute Gasteiger partial charge is 0.266 e. The summed E-state index contributed by atoms with van der Waals surface area (Å²) in [4.78, 5) is 22.9. The van der Waals surface area contributed by atoms with E-state index in [0.717, 1.165) is 31.9 Å². The van der Waals surface area contributed by atoms with Gasteiger partial charge >= 0.3 is 0 Å². The summed E-state index contributed by atoms with van der Waals surface area (Å²) in [6, 6.07) is 6.90. The molecular formula is C17H19N7O. The molecule has 1 fully saturated rings. The number of rotatable bonds is 4. The largest absolute Gasteiger partial charge is 0.341 e.